The number of anilines is 2. The summed E-state index contributed by atoms with van der Waals surface area (Å²) in [7, 11) is 3.00. The second kappa shape index (κ2) is 11.0. The number of nitrogens with one attached hydrogen (secondary N) is 2. The maximum Gasteiger partial charge on any atom is 0.341 e. The summed E-state index contributed by atoms with van der Waals surface area (Å²) in [6.45, 7) is 3.44. The monoisotopic (exact) mass is 502 g/mol. The summed E-state index contributed by atoms with van der Waals surface area (Å²) in [4.78, 5) is 38.8. The van der Waals surface area contributed by atoms with Gasteiger partial charge in [0.15, 0.2) is 0 Å². The molecule has 1 heterocycles. The van der Waals surface area contributed by atoms with Crippen molar-refractivity contribution in [1.82, 2.24) is 0 Å². The number of esters is 1. The van der Waals surface area contributed by atoms with Gasteiger partial charge in [0.1, 0.15) is 16.5 Å². The largest absolute Gasteiger partial charge is 0.497 e. The molecular weight excluding hydrogens is 480 g/mol. The zero-order valence-corrected chi connectivity index (χ0v) is 20.6. The van der Waals surface area contributed by atoms with Crippen molar-refractivity contribution in [2.45, 2.75) is 13.8 Å². The molecule has 0 bridgehead atoms. The molecule has 2 aromatic carbocycles. The van der Waals surface area contributed by atoms with E-state index in [0.717, 1.165) is 11.3 Å². The highest BCUT2D eigenvalue weighted by Gasteiger charge is 2.27. The minimum atomic E-state index is -0.640. The Bertz CT molecular complexity index is 1240. The van der Waals surface area contributed by atoms with E-state index < -0.39 is 17.8 Å². The van der Waals surface area contributed by atoms with E-state index in [1.54, 1.807) is 50.2 Å². The van der Waals surface area contributed by atoms with Crippen molar-refractivity contribution in [3.63, 3.8) is 0 Å². The number of methoxy groups -OCH3 is 2. The maximum atomic E-state index is 13.1. The summed E-state index contributed by atoms with van der Waals surface area (Å²) in [5.41, 5.74) is 1.23. The topological polar surface area (TPSA) is 103 Å². The highest BCUT2D eigenvalue weighted by atomic mass is 35.5. The van der Waals surface area contributed by atoms with Crippen molar-refractivity contribution in [1.29, 1.82) is 0 Å². The fourth-order valence-corrected chi connectivity index (χ4v) is 4.43. The number of benzene rings is 2. The second-order valence-electron chi connectivity index (χ2n) is 6.97. The van der Waals surface area contributed by atoms with E-state index in [4.69, 9.17) is 25.8 Å². The normalized spacial score (nSPS) is 10.4. The molecule has 8 nitrogen and oxygen atoms in total. The van der Waals surface area contributed by atoms with Crippen LogP contribution in [-0.2, 0) is 4.74 Å². The van der Waals surface area contributed by atoms with Gasteiger partial charge in [0, 0.05) is 16.7 Å². The summed E-state index contributed by atoms with van der Waals surface area (Å²) in [5.74, 6) is -0.614. The van der Waals surface area contributed by atoms with Gasteiger partial charge in [-0.3, -0.25) is 9.59 Å². The van der Waals surface area contributed by atoms with Crippen LogP contribution < -0.4 is 20.1 Å². The van der Waals surface area contributed by atoms with Crippen LogP contribution in [0.25, 0.3) is 0 Å². The first-order chi connectivity index (χ1) is 16.3. The van der Waals surface area contributed by atoms with Gasteiger partial charge in [-0.1, -0.05) is 17.7 Å². The first-order valence-electron chi connectivity index (χ1n) is 10.2. The Morgan fingerprint density at radius 2 is 1.76 bits per heavy atom. The Kier molecular flexibility index (Phi) is 8.14. The van der Waals surface area contributed by atoms with Crippen LogP contribution in [0.3, 0.4) is 0 Å². The van der Waals surface area contributed by atoms with E-state index in [2.05, 4.69) is 10.6 Å². The quantitative estimate of drug-likeness (QED) is 0.399. The number of halogens is 1. The summed E-state index contributed by atoms with van der Waals surface area (Å²) in [6.07, 6.45) is 0. The van der Waals surface area contributed by atoms with Crippen LogP contribution in [0.15, 0.2) is 42.5 Å². The van der Waals surface area contributed by atoms with Crippen molar-refractivity contribution in [3.8, 4) is 11.5 Å². The van der Waals surface area contributed by atoms with Crippen LogP contribution >= 0.6 is 22.9 Å². The molecule has 1 aromatic heterocycles. The lowest BCUT2D eigenvalue weighted by atomic mass is 10.1. The predicted octanol–water partition coefficient (Wildman–Crippen LogP) is 5.41. The number of hydrogen-bond acceptors (Lipinski definition) is 7. The van der Waals surface area contributed by atoms with Crippen LogP contribution in [0.4, 0.5) is 10.7 Å². The predicted molar refractivity (Wildman–Crippen MR) is 132 cm³/mol. The zero-order chi connectivity index (χ0) is 24.8. The van der Waals surface area contributed by atoms with Crippen molar-refractivity contribution >= 4 is 51.4 Å². The van der Waals surface area contributed by atoms with E-state index >= 15 is 0 Å². The summed E-state index contributed by atoms with van der Waals surface area (Å²) >= 11 is 6.96. The van der Waals surface area contributed by atoms with E-state index in [-0.39, 0.29) is 22.0 Å². The molecule has 0 radical (unpaired) electrons. The van der Waals surface area contributed by atoms with E-state index in [9.17, 15) is 14.4 Å². The molecular formula is C24H23ClN2O6S. The van der Waals surface area contributed by atoms with Crippen LogP contribution in [0, 0.1) is 6.92 Å². The highest BCUT2D eigenvalue weighted by Crippen LogP contribution is 2.36. The average Bonchev–Trinajstić information content (AvgIpc) is 3.15. The Hall–Kier alpha value is -3.56. The molecule has 2 N–H and O–H groups in total. The van der Waals surface area contributed by atoms with E-state index in [0.29, 0.717) is 33.3 Å². The summed E-state index contributed by atoms with van der Waals surface area (Å²) < 4.78 is 15.7. The molecule has 0 unspecified atom stereocenters. The molecule has 0 fully saturated rings. The standard InChI is InChI=1S/C24H23ClN2O6S/c1-5-33-24(30)19-13(2)20(22(29)26-17-10-9-16(31-3)12-18(17)32-4)34-23(19)27-21(28)14-7-6-8-15(25)11-14/h6-12H,5H2,1-4H3,(H,26,29)(H,27,28). The van der Waals surface area contributed by atoms with Gasteiger partial charge in [0.2, 0.25) is 0 Å². The molecule has 3 aromatic rings. The van der Waals surface area contributed by atoms with Gasteiger partial charge in [-0.25, -0.2) is 4.79 Å². The third-order valence-electron chi connectivity index (χ3n) is 4.80. The molecule has 0 saturated carbocycles. The lowest BCUT2D eigenvalue weighted by Gasteiger charge is -2.11. The summed E-state index contributed by atoms with van der Waals surface area (Å²) in [5, 5.41) is 6.09. The fraction of sp³-hybridized carbons (Fsp3) is 0.208. The molecule has 0 aliphatic carbocycles. The van der Waals surface area contributed by atoms with E-state index in [1.807, 2.05) is 0 Å². The number of carbonyl (C=O) groups is 3. The first-order valence-corrected chi connectivity index (χ1v) is 11.4. The van der Waals surface area contributed by atoms with Crippen molar-refractivity contribution in [2.75, 3.05) is 31.5 Å². The van der Waals surface area contributed by atoms with Gasteiger partial charge in [0.05, 0.1) is 37.0 Å². The minimum absolute atomic E-state index is 0.120. The number of rotatable bonds is 8. The second-order valence-corrected chi connectivity index (χ2v) is 8.42. The molecule has 34 heavy (non-hydrogen) atoms. The minimum Gasteiger partial charge on any atom is -0.497 e. The van der Waals surface area contributed by atoms with Gasteiger partial charge in [0.25, 0.3) is 11.8 Å². The fourth-order valence-electron chi connectivity index (χ4n) is 3.15. The summed E-state index contributed by atoms with van der Waals surface area (Å²) in [6, 6.07) is 11.3. The lowest BCUT2D eigenvalue weighted by molar-refractivity contribution is 0.0527. The zero-order valence-electron chi connectivity index (χ0n) is 19.0. The van der Waals surface area contributed by atoms with Crippen LogP contribution in [0.5, 0.6) is 11.5 Å². The Morgan fingerprint density at radius 1 is 1.00 bits per heavy atom. The third-order valence-corrected chi connectivity index (χ3v) is 6.24. The smallest absolute Gasteiger partial charge is 0.341 e. The van der Waals surface area contributed by atoms with Gasteiger partial charge < -0.3 is 24.8 Å². The SMILES string of the molecule is CCOC(=O)c1c(NC(=O)c2cccc(Cl)c2)sc(C(=O)Nc2ccc(OC)cc2OC)c1C. The number of hydrogen-bond donors (Lipinski definition) is 2. The number of amides is 2. The Labute approximate surface area is 205 Å². The van der Waals surface area contributed by atoms with Crippen LogP contribution in [0.2, 0.25) is 5.02 Å². The van der Waals surface area contributed by atoms with Crippen molar-refractivity contribution in [2.24, 2.45) is 0 Å². The van der Waals surface area contributed by atoms with Gasteiger partial charge in [-0.15, -0.1) is 11.3 Å². The molecule has 3 rings (SSSR count). The molecule has 0 atom stereocenters. The van der Waals surface area contributed by atoms with Gasteiger partial charge in [-0.2, -0.15) is 0 Å². The van der Waals surface area contributed by atoms with Crippen LogP contribution in [0.1, 0.15) is 42.9 Å². The molecule has 2 amide bonds. The number of carbonyl (C=O) groups excluding carboxylic acids is 3. The van der Waals surface area contributed by atoms with Crippen molar-refractivity contribution in [3.05, 3.63) is 69.1 Å². The van der Waals surface area contributed by atoms with Gasteiger partial charge in [-0.05, 0) is 49.7 Å². The van der Waals surface area contributed by atoms with Gasteiger partial charge >= 0.3 is 5.97 Å². The third kappa shape index (κ3) is 5.49. The number of ether oxygens (including phenoxy) is 3. The molecule has 10 heteroatoms. The molecule has 0 spiro atoms. The Balaban J connectivity index is 1.96. The molecule has 0 aliphatic heterocycles. The van der Waals surface area contributed by atoms with E-state index in [1.165, 1.54) is 20.3 Å². The average molecular weight is 503 g/mol. The lowest BCUT2D eigenvalue weighted by Crippen LogP contribution is -2.15. The van der Waals surface area contributed by atoms with Crippen molar-refractivity contribution < 1.29 is 28.6 Å². The molecule has 0 saturated heterocycles. The maximum absolute atomic E-state index is 13.1. The highest BCUT2D eigenvalue weighted by molar-refractivity contribution is 7.19. The Morgan fingerprint density at radius 3 is 2.41 bits per heavy atom. The molecule has 0 aliphatic rings. The number of thiophene rings is 1. The molecule has 178 valence electrons. The van der Waals surface area contributed by atoms with Crippen LogP contribution in [-0.4, -0.2) is 38.6 Å². The first kappa shape index (κ1) is 25.1.